The van der Waals surface area contributed by atoms with Gasteiger partial charge in [0.05, 0.1) is 18.8 Å². The molecular formula is C7H10N4O2. The Morgan fingerprint density at radius 2 is 2.38 bits per heavy atom. The quantitative estimate of drug-likeness (QED) is 0.693. The molecule has 0 saturated carbocycles. The molecule has 0 aliphatic rings. The van der Waals surface area contributed by atoms with E-state index in [4.69, 9.17) is 5.11 Å². The lowest BCUT2D eigenvalue weighted by molar-refractivity contribution is -0.136. The Kier molecular flexibility index (Phi) is 3.13. The van der Waals surface area contributed by atoms with Crippen LogP contribution >= 0.6 is 0 Å². The molecule has 0 amide bonds. The average Bonchev–Trinajstić information content (AvgIpc) is 2.15. The van der Waals surface area contributed by atoms with E-state index in [0.717, 1.165) is 0 Å². The van der Waals surface area contributed by atoms with Gasteiger partial charge in [0.15, 0.2) is 0 Å². The molecule has 0 aromatic carbocycles. The maximum Gasteiger partial charge on any atom is 0.305 e. The second kappa shape index (κ2) is 4.34. The van der Waals surface area contributed by atoms with Gasteiger partial charge in [-0.1, -0.05) is 0 Å². The highest BCUT2D eigenvalue weighted by Gasteiger charge is 2.05. The highest BCUT2D eigenvalue weighted by molar-refractivity contribution is 5.67. The molecule has 0 aliphatic heterocycles. The fourth-order valence-corrected chi connectivity index (χ4v) is 0.779. The molecule has 0 radical (unpaired) electrons. The molecule has 0 unspecified atom stereocenters. The Hall–Kier alpha value is -1.72. The standard InChI is InChI=1S/C7H10N4O2/c1-11(5-2-6(12)13)7-8-3-4-9-10-7/h3-4H,2,5H2,1H3,(H,12,13). The highest BCUT2D eigenvalue weighted by atomic mass is 16.4. The van der Waals surface area contributed by atoms with Gasteiger partial charge in [-0.05, 0) is 0 Å². The van der Waals surface area contributed by atoms with Gasteiger partial charge < -0.3 is 10.0 Å². The molecule has 0 bridgehead atoms. The van der Waals surface area contributed by atoms with Crippen molar-refractivity contribution in [1.82, 2.24) is 15.2 Å². The maximum atomic E-state index is 10.3. The summed E-state index contributed by atoms with van der Waals surface area (Å²) in [5.74, 6) is -0.403. The number of carboxylic acid groups (broad SMARTS) is 1. The van der Waals surface area contributed by atoms with Crippen molar-refractivity contribution >= 4 is 11.9 Å². The van der Waals surface area contributed by atoms with Gasteiger partial charge in [-0.15, -0.1) is 5.10 Å². The molecule has 6 nitrogen and oxygen atoms in total. The Morgan fingerprint density at radius 3 is 2.92 bits per heavy atom. The summed E-state index contributed by atoms with van der Waals surface area (Å²) in [6.45, 7) is 0.376. The van der Waals surface area contributed by atoms with Crippen LogP contribution in [-0.2, 0) is 4.79 Å². The van der Waals surface area contributed by atoms with E-state index in [-0.39, 0.29) is 6.42 Å². The van der Waals surface area contributed by atoms with Crippen molar-refractivity contribution in [2.75, 3.05) is 18.5 Å². The first-order chi connectivity index (χ1) is 6.20. The predicted octanol–water partition coefficient (Wildman–Crippen LogP) is -0.218. The Labute approximate surface area is 75.2 Å². The van der Waals surface area contributed by atoms with Crippen LogP contribution in [0.2, 0.25) is 0 Å². The maximum absolute atomic E-state index is 10.3. The molecule has 0 saturated heterocycles. The molecule has 13 heavy (non-hydrogen) atoms. The largest absolute Gasteiger partial charge is 0.481 e. The molecule has 70 valence electrons. The third-order valence-corrected chi connectivity index (χ3v) is 1.47. The Bertz CT molecular complexity index is 277. The van der Waals surface area contributed by atoms with E-state index in [9.17, 15) is 4.79 Å². The van der Waals surface area contributed by atoms with E-state index in [1.807, 2.05) is 0 Å². The van der Waals surface area contributed by atoms with E-state index in [1.54, 1.807) is 11.9 Å². The number of rotatable bonds is 4. The molecule has 0 aliphatic carbocycles. The van der Waals surface area contributed by atoms with Crippen molar-refractivity contribution < 1.29 is 9.90 Å². The number of aromatic nitrogens is 3. The fourth-order valence-electron chi connectivity index (χ4n) is 0.779. The third kappa shape index (κ3) is 3.02. The molecule has 0 spiro atoms. The average molecular weight is 182 g/mol. The summed E-state index contributed by atoms with van der Waals surface area (Å²) < 4.78 is 0. The zero-order chi connectivity index (χ0) is 9.68. The van der Waals surface area contributed by atoms with Gasteiger partial charge in [0.1, 0.15) is 0 Å². The normalized spacial score (nSPS) is 9.62. The molecule has 0 atom stereocenters. The van der Waals surface area contributed by atoms with Crippen molar-refractivity contribution in [1.29, 1.82) is 0 Å². The van der Waals surface area contributed by atoms with E-state index in [0.29, 0.717) is 12.5 Å². The monoisotopic (exact) mass is 182 g/mol. The van der Waals surface area contributed by atoms with E-state index < -0.39 is 5.97 Å². The first-order valence-electron chi connectivity index (χ1n) is 3.77. The van der Waals surface area contributed by atoms with Crippen molar-refractivity contribution in [2.24, 2.45) is 0 Å². The highest BCUT2D eigenvalue weighted by Crippen LogP contribution is 2.00. The van der Waals surface area contributed by atoms with E-state index in [2.05, 4.69) is 15.2 Å². The lowest BCUT2D eigenvalue weighted by Crippen LogP contribution is -2.23. The smallest absolute Gasteiger partial charge is 0.305 e. The summed E-state index contributed by atoms with van der Waals surface area (Å²) in [5, 5.41) is 15.8. The number of hydrogen-bond donors (Lipinski definition) is 1. The van der Waals surface area contributed by atoms with Crippen LogP contribution < -0.4 is 4.90 Å². The van der Waals surface area contributed by atoms with Crippen LogP contribution in [0, 0.1) is 0 Å². The first-order valence-corrected chi connectivity index (χ1v) is 3.77. The molecule has 6 heteroatoms. The van der Waals surface area contributed by atoms with Gasteiger partial charge in [-0.25, -0.2) is 4.98 Å². The molecule has 1 N–H and O–H groups in total. The first kappa shape index (κ1) is 9.37. The number of carbonyl (C=O) groups is 1. The van der Waals surface area contributed by atoms with Crippen molar-refractivity contribution in [3.63, 3.8) is 0 Å². The Morgan fingerprint density at radius 1 is 1.62 bits per heavy atom. The zero-order valence-electron chi connectivity index (χ0n) is 7.21. The van der Waals surface area contributed by atoms with Crippen LogP contribution in [-0.4, -0.2) is 39.8 Å². The Balaban J connectivity index is 2.49. The van der Waals surface area contributed by atoms with Crippen molar-refractivity contribution in [3.05, 3.63) is 12.4 Å². The lowest BCUT2D eigenvalue weighted by atomic mass is 10.4. The molecule has 1 aromatic rings. The van der Waals surface area contributed by atoms with Crippen LogP contribution in [0.3, 0.4) is 0 Å². The predicted molar refractivity (Wildman–Crippen MR) is 45.3 cm³/mol. The molecule has 0 fully saturated rings. The molecular weight excluding hydrogens is 172 g/mol. The summed E-state index contributed by atoms with van der Waals surface area (Å²) in [4.78, 5) is 15.8. The van der Waals surface area contributed by atoms with Gasteiger partial charge in [0.25, 0.3) is 0 Å². The fraction of sp³-hybridized carbons (Fsp3) is 0.429. The summed E-state index contributed by atoms with van der Waals surface area (Å²) in [7, 11) is 1.72. The zero-order valence-corrected chi connectivity index (χ0v) is 7.21. The molecule has 1 heterocycles. The summed E-state index contributed by atoms with van der Waals surface area (Å²) in [6.07, 6.45) is 3.04. The van der Waals surface area contributed by atoms with E-state index >= 15 is 0 Å². The second-order valence-electron chi connectivity index (χ2n) is 2.51. The van der Waals surface area contributed by atoms with Gasteiger partial charge in [-0.3, -0.25) is 4.79 Å². The topological polar surface area (TPSA) is 79.2 Å². The SMILES string of the molecule is CN(CCC(=O)O)c1nccnn1. The van der Waals surface area contributed by atoms with Crippen LogP contribution in [0.4, 0.5) is 5.95 Å². The van der Waals surface area contributed by atoms with Gasteiger partial charge >= 0.3 is 5.97 Å². The van der Waals surface area contributed by atoms with Crippen molar-refractivity contribution in [3.8, 4) is 0 Å². The number of aliphatic carboxylic acids is 1. The summed E-state index contributed by atoms with van der Waals surface area (Å²) >= 11 is 0. The van der Waals surface area contributed by atoms with Gasteiger partial charge in [-0.2, -0.15) is 5.10 Å². The van der Waals surface area contributed by atoms with Crippen LogP contribution in [0.5, 0.6) is 0 Å². The minimum atomic E-state index is -0.837. The van der Waals surface area contributed by atoms with Crippen LogP contribution in [0.25, 0.3) is 0 Å². The van der Waals surface area contributed by atoms with E-state index in [1.165, 1.54) is 12.4 Å². The lowest BCUT2D eigenvalue weighted by Gasteiger charge is -2.13. The van der Waals surface area contributed by atoms with Gasteiger partial charge in [0.2, 0.25) is 5.95 Å². The number of hydrogen-bond acceptors (Lipinski definition) is 5. The minimum Gasteiger partial charge on any atom is -0.481 e. The summed E-state index contributed by atoms with van der Waals surface area (Å²) in [5.41, 5.74) is 0. The molecule has 1 aromatic heterocycles. The summed E-state index contributed by atoms with van der Waals surface area (Å²) in [6, 6.07) is 0. The number of anilines is 1. The minimum absolute atomic E-state index is 0.0642. The van der Waals surface area contributed by atoms with Gasteiger partial charge in [0, 0.05) is 13.6 Å². The van der Waals surface area contributed by atoms with Crippen LogP contribution in [0.15, 0.2) is 12.4 Å². The molecule has 1 rings (SSSR count). The third-order valence-electron chi connectivity index (χ3n) is 1.47. The van der Waals surface area contributed by atoms with Crippen LogP contribution in [0.1, 0.15) is 6.42 Å². The number of carboxylic acids is 1. The number of nitrogens with zero attached hydrogens (tertiary/aromatic N) is 4. The van der Waals surface area contributed by atoms with Crippen molar-refractivity contribution in [2.45, 2.75) is 6.42 Å². The second-order valence-corrected chi connectivity index (χ2v) is 2.51.